The first kappa shape index (κ1) is 17.7. The molecule has 0 unspecified atom stereocenters. The van der Waals surface area contributed by atoms with Crippen LogP contribution in [0.25, 0.3) is 5.69 Å². The third kappa shape index (κ3) is 3.90. The molecule has 1 aromatic heterocycles. The highest BCUT2D eigenvalue weighted by molar-refractivity contribution is 5.91. The number of carbonyl (C=O) groups is 1. The van der Waals surface area contributed by atoms with Crippen LogP contribution in [0.15, 0.2) is 54.7 Å². The van der Waals surface area contributed by atoms with E-state index in [1.807, 2.05) is 31.2 Å². The van der Waals surface area contributed by atoms with E-state index in [4.69, 9.17) is 0 Å². The molecule has 0 radical (unpaired) electrons. The van der Waals surface area contributed by atoms with Crippen LogP contribution in [-0.4, -0.2) is 20.9 Å². The standard InChI is InChI=1S/C18H15F3N4O/c1-12-6-8-13(9-7-12)10-22-17(26)15-11-25(24-23-15)16-5-3-2-4-14(16)18(19,20)21/h2-9,11H,10H2,1H3,(H,22,26). The number of hydrogen-bond acceptors (Lipinski definition) is 3. The van der Waals surface area contributed by atoms with Crippen molar-refractivity contribution in [2.24, 2.45) is 0 Å². The van der Waals surface area contributed by atoms with Crippen molar-refractivity contribution in [2.75, 3.05) is 0 Å². The van der Waals surface area contributed by atoms with E-state index in [0.717, 1.165) is 21.9 Å². The number of halogens is 3. The molecular formula is C18H15F3N4O. The van der Waals surface area contributed by atoms with Crippen molar-refractivity contribution in [1.29, 1.82) is 0 Å². The number of nitrogens with one attached hydrogen (secondary N) is 1. The minimum atomic E-state index is -4.53. The van der Waals surface area contributed by atoms with Gasteiger partial charge in [-0.25, -0.2) is 4.68 Å². The zero-order valence-corrected chi connectivity index (χ0v) is 13.8. The van der Waals surface area contributed by atoms with E-state index in [1.54, 1.807) is 0 Å². The lowest BCUT2D eigenvalue weighted by atomic mass is 10.1. The first-order valence-corrected chi connectivity index (χ1v) is 7.77. The second kappa shape index (κ2) is 6.99. The van der Waals surface area contributed by atoms with Crippen molar-refractivity contribution < 1.29 is 18.0 Å². The van der Waals surface area contributed by atoms with Gasteiger partial charge in [0.15, 0.2) is 5.69 Å². The minimum absolute atomic E-state index is 0.0610. The van der Waals surface area contributed by atoms with Crippen molar-refractivity contribution in [2.45, 2.75) is 19.6 Å². The topological polar surface area (TPSA) is 59.8 Å². The van der Waals surface area contributed by atoms with E-state index in [0.29, 0.717) is 0 Å². The number of hydrogen-bond donors (Lipinski definition) is 1. The largest absolute Gasteiger partial charge is 0.418 e. The van der Waals surface area contributed by atoms with Crippen LogP contribution in [0.4, 0.5) is 13.2 Å². The lowest BCUT2D eigenvalue weighted by Gasteiger charge is -2.11. The zero-order chi connectivity index (χ0) is 18.7. The molecule has 0 aliphatic carbocycles. The molecule has 8 heteroatoms. The summed E-state index contributed by atoms with van der Waals surface area (Å²) in [5.74, 6) is -0.513. The second-order valence-electron chi connectivity index (χ2n) is 5.73. The third-order valence-corrected chi connectivity index (χ3v) is 3.76. The van der Waals surface area contributed by atoms with Gasteiger partial charge in [-0.2, -0.15) is 13.2 Å². The normalized spacial score (nSPS) is 11.4. The smallest absolute Gasteiger partial charge is 0.347 e. The second-order valence-corrected chi connectivity index (χ2v) is 5.73. The molecule has 1 amide bonds. The highest BCUT2D eigenvalue weighted by Crippen LogP contribution is 2.33. The molecule has 5 nitrogen and oxygen atoms in total. The Morgan fingerprint density at radius 2 is 1.81 bits per heavy atom. The highest BCUT2D eigenvalue weighted by atomic mass is 19.4. The summed E-state index contributed by atoms with van der Waals surface area (Å²) in [6.45, 7) is 2.24. The van der Waals surface area contributed by atoms with Crippen LogP contribution in [0.3, 0.4) is 0 Å². The van der Waals surface area contributed by atoms with Crippen molar-refractivity contribution in [3.05, 3.63) is 77.1 Å². The molecule has 2 aromatic carbocycles. The van der Waals surface area contributed by atoms with E-state index >= 15 is 0 Å². The molecule has 1 N–H and O–H groups in total. The molecule has 134 valence electrons. The molecule has 0 aliphatic rings. The Morgan fingerprint density at radius 3 is 2.50 bits per heavy atom. The molecule has 0 saturated carbocycles. The predicted octanol–water partition coefficient (Wildman–Crippen LogP) is 3.52. The van der Waals surface area contributed by atoms with Crippen LogP contribution < -0.4 is 5.32 Å². The quantitative estimate of drug-likeness (QED) is 0.774. The van der Waals surface area contributed by atoms with Crippen LogP contribution in [0.5, 0.6) is 0 Å². The summed E-state index contributed by atoms with van der Waals surface area (Å²) in [4.78, 5) is 12.2. The van der Waals surface area contributed by atoms with Gasteiger partial charge in [0.2, 0.25) is 0 Å². The van der Waals surface area contributed by atoms with Gasteiger partial charge in [-0.3, -0.25) is 4.79 Å². The number of rotatable bonds is 4. The van der Waals surface area contributed by atoms with E-state index in [2.05, 4.69) is 15.6 Å². The molecule has 3 rings (SSSR count). The lowest BCUT2D eigenvalue weighted by Crippen LogP contribution is -2.23. The Balaban J connectivity index is 1.76. The van der Waals surface area contributed by atoms with Gasteiger partial charge in [0, 0.05) is 6.54 Å². The molecule has 0 spiro atoms. The fourth-order valence-corrected chi connectivity index (χ4v) is 2.38. The molecule has 0 aliphatic heterocycles. The molecule has 0 saturated heterocycles. The number of para-hydroxylation sites is 1. The van der Waals surface area contributed by atoms with Gasteiger partial charge in [0.05, 0.1) is 17.4 Å². The van der Waals surface area contributed by atoms with Crippen LogP contribution in [0, 0.1) is 6.92 Å². The number of carbonyl (C=O) groups excluding carboxylic acids is 1. The van der Waals surface area contributed by atoms with Crippen molar-refractivity contribution in [3.63, 3.8) is 0 Å². The van der Waals surface area contributed by atoms with Crippen molar-refractivity contribution in [3.8, 4) is 5.69 Å². The molecule has 0 bridgehead atoms. The van der Waals surface area contributed by atoms with Gasteiger partial charge >= 0.3 is 6.18 Å². The summed E-state index contributed by atoms with van der Waals surface area (Å²) >= 11 is 0. The number of aryl methyl sites for hydroxylation is 1. The summed E-state index contributed by atoms with van der Waals surface area (Å²) in [6.07, 6.45) is -3.36. The Hall–Kier alpha value is -3.16. The number of alkyl halides is 3. The maximum absolute atomic E-state index is 13.1. The number of aromatic nitrogens is 3. The minimum Gasteiger partial charge on any atom is -0.347 e. The van der Waals surface area contributed by atoms with E-state index in [9.17, 15) is 18.0 Å². The van der Waals surface area contributed by atoms with Crippen molar-refractivity contribution >= 4 is 5.91 Å². The summed E-state index contributed by atoms with van der Waals surface area (Å²) in [5.41, 5.74) is 0.904. The highest BCUT2D eigenvalue weighted by Gasteiger charge is 2.34. The Labute approximate surface area is 147 Å². The number of benzene rings is 2. The average molecular weight is 360 g/mol. The van der Waals surface area contributed by atoms with Gasteiger partial charge in [0.25, 0.3) is 5.91 Å². The molecule has 0 atom stereocenters. The zero-order valence-electron chi connectivity index (χ0n) is 13.8. The van der Waals surface area contributed by atoms with Gasteiger partial charge in [0.1, 0.15) is 0 Å². The Morgan fingerprint density at radius 1 is 1.12 bits per heavy atom. The molecular weight excluding hydrogens is 345 g/mol. The summed E-state index contributed by atoms with van der Waals surface area (Å²) < 4.78 is 40.2. The molecule has 1 heterocycles. The van der Waals surface area contributed by atoms with Crippen LogP contribution in [-0.2, 0) is 12.7 Å². The van der Waals surface area contributed by atoms with Crippen LogP contribution >= 0.6 is 0 Å². The monoisotopic (exact) mass is 360 g/mol. The summed E-state index contributed by atoms with van der Waals surface area (Å²) in [7, 11) is 0. The first-order valence-electron chi connectivity index (χ1n) is 7.77. The first-order chi connectivity index (χ1) is 12.3. The van der Waals surface area contributed by atoms with Crippen LogP contribution in [0.2, 0.25) is 0 Å². The molecule has 3 aromatic rings. The van der Waals surface area contributed by atoms with Gasteiger partial charge in [-0.1, -0.05) is 47.2 Å². The number of amides is 1. The number of nitrogens with zero attached hydrogens (tertiary/aromatic N) is 3. The van der Waals surface area contributed by atoms with Gasteiger partial charge in [-0.15, -0.1) is 5.10 Å². The Bertz CT molecular complexity index is 917. The van der Waals surface area contributed by atoms with Gasteiger partial charge < -0.3 is 5.32 Å². The summed E-state index contributed by atoms with van der Waals surface area (Å²) in [5, 5.41) is 10.00. The van der Waals surface area contributed by atoms with Crippen molar-refractivity contribution in [1.82, 2.24) is 20.3 Å². The van der Waals surface area contributed by atoms with E-state index < -0.39 is 17.6 Å². The fraction of sp³-hybridized carbons (Fsp3) is 0.167. The molecule has 0 fully saturated rings. The SMILES string of the molecule is Cc1ccc(CNC(=O)c2cn(-c3ccccc3C(F)(F)F)nn2)cc1. The Kier molecular flexibility index (Phi) is 4.75. The third-order valence-electron chi connectivity index (χ3n) is 3.76. The fourth-order valence-electron chi connectivity index (χ4n) is 2.38. The lowest BCUT2D eigenvalue weighted by molar-refractivity contribution is -0.137. The van der Waals surface area contributed by atoms with Gasteiger partial charge in [-0.05, 0) is 24.6 Å². The predicted molar refractivity (Wildman–Crippen MR) is 88.7 cm³/mol. The maximum Gasteiger partial charge on any atom is 0.418 e. The summed E-state index contributed by atoms with van der Waals surface area (Å²) in [6, 6.07) is 12.6. The van der Waals surface area contributed by atoms with E-state index in [-0.39, 0.29) is 17.9 Å². The van der Waals surface area contributed by atoms with Crippen LogP contribution in [0.1, 0.15) is 27.2 Å². The maximum atomic E-state index is 13.1. The van der Waals surface area contributed by atoms with E-state index in [1.165, 1.54) is 24.4 Å². The molecule has 26 heavy (non-hydrogen) atoms. The average Bonchev–Trinajstić information content (AvgIpc) is 3.10.